The van der Waals surface area contributed by atoms with Crippen LogP contribution in [0.4, 0.5) is 5.82 Å². The highest BCUT2D eigenvalue weighted by Crippen LogP contribution is 2.22. The average molecular weight is 415 g/mol. The first-order valence-corrected chi connectivity index (χ1v) is 8.05. The van der Waals surface area contributed by atoms with E-state index in [1.165, 1.54) is 6.20 Å². The van der Waals surface area contributed by atoms with Crippen LogP contribution in [0.2, 0.25) is 10.0 Å². The summed E-state index contributed by atoms with van der Waals surface area (Å²) in [6.07, 6.45) is 3.26. The van der Waals surface area contributed by atoms with E-state index in [0.717, 1.165) is 5.56 Å². The third kappa shape index (κ3) is 3.74. The molecule has 1 amide bonds. The number of carbonyl (C=O) groups is 1. The number of anilines is 1. The van der Waals surface area contributed by atoms with E-state index in [2.05, 4.69) is 36.5 Å². The molecule has 0 radical (unpaired) electrons. The van der Waals surface area contributed by atoms with Crippen LogP contribution in [0.3, 0.4) is 0 Å². The molecule has 6 nitrogen and oxygen atoms in total. The summed E-state index contributed by atoms with van der Waals surface area (Å²) < 4.78 is 2.26. The predicted molar refractivity (Wildman–Crippen MR) is 92.0 cm³/mol. The van der Waals surface area contributed by atoms with Crippen LogP contribution in [0.15, 0.2) is 41.1 Å². The lowest BCUT2D eigenvalue weighted by atomic mass is 10.2. The molecule has 3 rings (SSSR count). The molecule has 0 saturated heterocycles. The molecule has 0 unspecified atom stereocenters. The van der Waals surface area contributed by atoms with Crippen LogP contribution in [0.25, 0.3) is 0 Å². The van der Waals surface area contributed by atoms with Gasteiger partial charge in [0.2, 0.25) is 0 Å². The summed E-state index contributed by atoms with van der Waals surface area (Å²) in [6, 6.07) is 6.99. The van der Waals surface area contributed by atoms with Crippen LogP contribution in [0.5, 0.6) is 0 Å². The predicted octanol–water partition coefficient (Wildman–Crippen LogP) is 3.98. The van der Waals surface area contributed by atoms with Gasteiger partial charge in [-0.1, -0.05) is 29.3 Å². The van der Waals surface area contributed by atoms with Crippen molar-refractivity contribution in [3.05, 3.63) is 62.4 Å². The van der Waals surface area contributed by atoms with E-state index in [1.54, 1.807) is 29.1 Å². The zero-order valence-corrected chi connectivity index (χ0v) is 14.7. The Bertz CT molecular complexity index is 860. The Morgan fingerprint density at radius 1 is 1.35 bits per heavy atom. The molecule has 0 aliphatic carbocycles. The van der Waals surface area contributed by atoms with Crippen LogP contribution < -0.4 is 5.32 Å². The Kier molecular flexibility index (Phi) is 4.70. The Morgan fingerprint density at radius 3 is 2.87 bits per heavy atom. The van der Waals surface area contributed by atoms with Gasteiger partial charge in [-0.05, 0) is 33.6 Å². The number of nitrogens with one attached hydrogen (secondary N) is 2. The molecule has 0 bridgehead atoms. The first-order chi connectivity index (χ1) is 11.0. The fourth-order valence-electron chi connectivity index (χ4n) is 1.95. The third-order valence-electron chi connectivity index (χ3n) is 3.05. The van der Waals surface area contributed by atoms with Gasteiger partial charge in [-0.15, -0.1) is 0 Å². The maximum atomic E-state index is 12.1. The van der Waals surface area contributed by atoms with E-state index in [9.17, 15) is 4.79 Å². The van der Waals surface area contributed by atoms with Crippen LogP contribution in [-0.2, 0) is 6.54 Å². The molecule has 0 aliphatic rings. The number of hydrogen-bond donors (Lipinski definition) is 2. The second kappa shape index (κ2) is 6.74. The molecule has 0 spiro atoms. The fourth-order valence-corrected chi connectivity index (χ4v) is 2.79. The number of halogens is 3. The molecule has 2 aromatic heterocycles. The van der Waals surface area contributed by atoms with Crippen molar-refractivity contribution in [3.63, 3.8) is 0 Å². The maximum Gasteiger partial charge on any atom is 0.276 e. The number of aromatic nitrogens is 4. The van der Waals surface area contributed by atoms with Crippen molar-refractivity contribution >= 4 is 50.9 Å². The van der Waals surface area contributed by atoms with E-state index in [-0.39, 0.29) is 5.91 Å². The summed E-state index contributed by atoms with van der Waals surface area (Å²) in [5.74, 6) is 0.103. The van der Waals surface area contributed by atoms with E-state index in [0.29, 0.717) is 32.6 Å². The third-order valence-corrected chi connectivity index (χ3v) is 4.24. The van der Waals surface area contributed by atoms with E-state index in [4.69, 9.17) is 23.2 Å². The summed E-state index contributed by atoms with van der Waals surface area (Å²) in [6.45, 7) is 0.472. The second-order valence-corrected chi connectivity index (χ2v) is 6.38. The Labute approximate surface area is 149 Å². The molecule has 0 saturated carbocycles. The van der Waals surface area contributed by atoms with Crippen molar-refractivity contribution in [2.45, 2.75) is 6.54 Å². The largest absolute Gasteiger partial charge is 0.304 e. The van der Waals surface area contributed by atoms with Crippen LogP contribution in [0, 0.1) is 0 Å². The van der Waals surface area contributed by atoms with Gasteiger partial charge in [0.1, 0.15) is 5.69 Å². The van der Waals surface area contributed by atoms with Crippen molar-refractivity contribution in [2.24, 2.45) is 0 Å². The number of aromatic amines is 1. The summed E-state index contributed by atoms with van der Waals surface area (Å²) >= 11 is 15.3. The van der Waals surface area contributed by atoms with Gasteiger partial charge in [0.25, 0.3) is 5.91 Å². The van der Waals surface area contributed by atoms with Gasteiger partial charge in [-0.2, -0.15) is 10.2 Å². The summed E-state index contributed by atoms with van der Waals surface area (Å²) in [7, 11) is 0. The quantitative estimate of drug-likeness (QED) is 0.677. The Hall–Kier alpha value is -1.83. The lowest BCUT2D eigenvalue weighted by molar-refractivity contribution is 0.102. The topological polar surface area (TPSA) is 75.6 Å². The normalized spacial score (nSPS) is 10.7. The molecule has 0 aliphatic heterocycles. The SMILES string of the molecule is O=C(Nc1ccn(Cc2ccc(Cl)cc2Cl)n1)c1[nH]ncc1Br. The number of hydrogen-bond acceptors (Lipinski definition) is 3. The molecule has 1 aromatic carbocycles. The van der Waals surface area contributed by atoms with E-state index in [1.807, 2.05) is 6.07 Å². The Balaban J connectivity index is 1.71. The number of nitrogens with zero attached hydrogens (tertiary/aromatic N) is 3. The minimum atomic E-state index is -0.329. The number of carbonyl (C=O) groups excluding carboxylic acids is 1. The number of rotatable bonds is 4. The smallest absolute Gasteiger partial charge is 0.276 e. The lowest BCUT2D eigenvalue weighted by Crippen LogP contribution is -2.14. The molecular weight excluding hydrogens is 405 g/mol. The van der Waals surface area contributed by atoms with Gasteiger partial charge < -0.3 is 5.32 Å². The molecule has 118 valence electrons. The van der Waals surface area contributed by atoms with Crippen molar-refractivity contribution in [3.8, 4) is 0 Å². The van der Waals surface area contributed by atoms with E-state index >= 15 is 0 Å². The summed E-state index contributed by atoms with van der Waals surface area (Å²) in [5.41, 5.74) is 1.22. The standard InChI is InChI=1S/C14H10BrCl2N5O/c15-10-6-18-20-13(10)14(23)19-12-3-4-22(21-12)7-8-1-2-9(16)5-11(8)17/h1-6H,7H2,(H,18,20)(H,19,21,23). The highest BCUT2D eigenvalue weighted by molar-refractivity contribution is 9.10. The highest BCUT2D eigenvalue weighted by atomic mass is 79.9. The van der Waals surface area contributed by atoms with Crippen LogP contribution in [0.1, 0.15) is 16.1 Å². The minimum Gasteiger partial charge on any atom is -0.304 e. The first-order valence-electron chi connectivity index (χ1n) is 6.50. The zero-order chi connectivity index (χ0) is 16.4. The van der Waals surface area contributed by atoms with Gasteiger partial charge in [0.05, 0.1) is 17.2 Å². The molecule has 0 fully saturated rings. The van der Waals surface area contributed by atoms with Crippen molar-refractivity contribution in [2.75, 3.05) is 5.32 Å². The van der Waals surface area contributed by atoms with Gasteiger partial charge in [-0.3, -0.25) is 14.6 Å². The van der Waals surface area contributed by atoms with Crippen molar-refractivity contribution in [1.82, 2.24) is 20.0 Å². The van der Waals surface area contributed by atoms with Gasteiger partial charge in [0.15, 0.2) is 5.82 Å². The monoisotopic (exact) mass is 413 g/mol. The van der Waals surface area contributed by atoms with Gasteiger partial charge in [0, 0.05) is 22.3 Å². The van der Waals surface area contributed by atoms with E-state index < -0.39 is 0 Å². The molecular formula is C14H10BrCl2N5O. The minimum absolute atomic E-state index is 0.329. The number of H-pyrrole nitrogens is 1. The van der Waals surface area contributed by atoms with Crippen LogP contribution in [-0.4, -0.2) is 25.9 Å². The molecule has 0 atom stereocenters. The lowest BCUT2D eigenvalue weighted by Gasteiger charge is -2.05. The number of amides is 1. The highest BCUT2D eigenvalue weighted by Gasteiger charge is 2.13. The zero-order valence-electron chi connectivity index (χ0n) is 11.6. The fraction of sp³-hybridized carbons (Fsp3) is 0.0714. The maximum absolute atomic E-state index is 12.1. The Morgan fingerprint density at radius 2 is 2.17 bits per heavy atom. The first kappa shape index (κ1) is 16.0. The van der Waals surface area contributed by atoms with Crippen LogP contribution >= 0.6 is 39.1 Å². The molecule has 9 heteroatoms. The molecule has 3 aromatic rings. The molecule has 23 heavy (non-hydrogen) atoms. The number of benzene rings is 1. The average Bonchev–Trinajstić information content (AvgIpc) is 3.11. The van der Waals surface area contributed by atoms with Crippen molar-refractivity contribution < 1.29 is 4.79 Å². The molecule has 2 heterocycles. The summed E-state index contributed by atoms with van der Waals surface area (Å²) in [5, 5.41) is 14.5. The van der Waals surface area contributed by atoms with Crippen molar-refractivity contribution in [1.29, 1.82) is 0 Å². The van der Waals surface area contributed by atoms with Gasteiger partial charge >= 0.3 is 0 Å². The van der Waals surface area contributed by atoms with Gasteiger partial charge in [-0.25, -0.2) is 0 Å². The second-order valence-electron chi connectivity index (χ2n) is 4.68. The summed E-state index contributed by atoms with van der Waals surface area (Å²) in [4.78, 5) is 12.1. The molecule has 2 N–H and O–H groups in total.